The van der Waals surface area contributed by atoms with Crippen molar-refractivity contribution in [1.29, 1.82) is 0 Å². The molecule has 0 radical (unpaired) electrons. The first-order valence-corrected chi connectivity index (χ1v) is 10.0. The number of ether oxygens (including phenoxy) is 1. The van der Waals surface area contributed by atoms with E-state index in [2.05, 4.69) is 34.8 Å². The molecule has 2 aromatic rings. The van der Waals surface area contributed by atoms with E-state index in [-0.39, 0.29) is 0 Å². The van der Waals surface area contributed by atoms with Crippen molar-refractivity contribution in [3.05, 3.63) is 11.7 Å². The van der Waals surface area contributed by atoms with E-state index in [1.54, 1.807) is 7.11 Å². The van der Waals surface area contributed by atoms with E-state index in [4.69, 9.17) is 14.2 Å². The molecule has 10 heteroatoms. The molecule has 0 spiro atoms. The molecular weight excluding hydrogens is 360 g/mol. The molecule has 2 fully saturated rings. The average molecular weight is 388 g/mol. The smallest absolute Gasteiger partial charge is 0.322 e. The van der Waals surface area contributed by atoms with Gasteiger partial charge in [0.2, 0.25) is 17.8 Å². The van der Waals surface area contributed by atoms with Crippen LogP contribution in [0.5, 0.6) is 6.01 Å². The first kappa shape index (κ1) is 18.9. The fourth-order valence-corrected chi connectivity index (χ4v) is 3.68. The highest BCUT2D eigenvalue weighted by Crippen LogP contribution is 2.22. The van der Waals surface area contributed by atoms with Crippen molar-refractivity contribution in [2.45, 2.75) is 39.2 Å². The highest BCUT2D eigenvalue weighted by molar-refractivity contribution is 5.41. The van der Waals surface area contributed by atoms with Crippen molar-refractivity contribution in [2.75, 3.05) is 56.2 Å². The van der Waals surface area contributed by atoms with Crippen LogP contribution in [0, 0.1) is 6.92 Å². The minimum absolute atomic E-state index is 0.382. The maximum Gasteiger partial charge on any atom is 0.322 e. The van der Waals surface area contributed by atoms with Crippen LogP contribution in [0.2, 0.25) is 0 Å². The third-order valence-electron chi connectivity index (χ3n) is 5.25. The van der Waals surface area contributed by atoms with Crippen molar-refractivity contribution < 1.29 is 9.26 Å². The molecule has 28 heavy (non-hydrogen) atoms. The quantitative estimate of drug-likeness (QED) is 0.745. The normalized spacial score (nSPS) is 18.9. The Balaban J connectivity index is 1.43. The van der Waals surface area contributed by atoms with Crippen LogP contribution in [-0.4, -0.2) is 76.4 Å². The van der Waals surface area contributed by atoms with Gasteiger partial charge in [-0.15, -0.1) is 0 Å². The van der Waals surface area contributed by atoms with Crippen molar-refractivity contribution in [1.82, 2.24) is 30.0 Å². The Hall–Kier alpha value is -2.49. The molecular formula is C18H28N8O2. The minimum atomic E-state index is 0.382. The zero-order valence-corrected chi connectivity index (χ0v) is 16.7. The molecule has 0 aromatic carbocycles. The monoisotopic (exact) mass is 388 g/mol. The summed E-state index contributed by atoms with van der Waals surface area (Å²) in [4.78, 5) is 24.8. The van der Waals surface area contributed by atoms with Gasteiger partial charge in [0.05, 0.1) is 13.7 Å². The molecule has 0 aliphatic carbocycles. The summed E-state index contributed by atoms with van der Waals surface area (Å²) in [6, 6.07) is 0.382. The molecule has 2 aliphatic rings. The summed E-state index contributed by atoms with van der Waals surface area (Å²) in [5.41, 5.74) is 0. The van der Waals surface area contributed by atoms with Crippen molar-refractivity contribution in [2.24, 2.45) is 0 Å². The molecule has 0 saturated carbocycles. The highest BCUT2D eigenvalue weighted by Gasteiger charge is 2.23. The number of anilines is 2. The van der Waals surface area contributed by atoms with Gasteiger partial charge in [-0.3, -0.25) is 4.90 Å². The Bertz CT molecular complexity index is 767. The number of hydrogen-bond donors (Lipinski definition) is 0. The molecule has 10 nitrogen and oxygen atoms in total. The lowest BCUT2D eigenvalue weighted by Gasteiger charge is -2.34. The number of aryl methyl sites for hydroxylation is 1. The highest BCUT2D eigenvalue weighted by atomic mass is 16.5. The number of hydrogen-bond acceptors (Lipinski definition) is 10. The standard InChI is InChI=1S/C18H28N8O2/c1-14-19-15(28-23-14)13-24-9-11-26(12-10-24)17-20-16(21-18(22-17)27-2)25-7-5-3-4-6-8-25/h3-13H2,1-2H3. The average Bonchev–Trinajstić information content (AvgIpc) is 2.96. The lowest BCUT2D eigenvalue weighted by Crippen LogP contribution is -2.46. The number of methoxy groups -OCH3 is 1. The van der Waals surface area contributed by atoms with Gasteiger partial charge in [-0.25, -0.2) is 0 Å². The summed E-state index contributed by atoms with van der Waals surface area (Å²) in [7, 11) is 1.61. The zero-order valence-electron chi connectivity index (χ0n) is 16.7. The first-order chi connectivity index (χ1) is 13.7. The van der Waals surface area contributed by atoms with E-state index in [1.165, 1.54) is 25.7 Å². The Labute approximate surface area is 164 Å². The van der Waals surface area contributed by atoms with Gasteiger partial charge in [0.25, 0.3) is 0 Å². The molecule has 152 valence electrons. The summed E-state index contributed by atoms with van der Waals surface area (Å²) in [6.07, 6.45) is 4.90. The topological polar surface area (TPSA) is 96.5 Å². The van der Waals surface area contributed by atoms with Crippen LogP contribution in [0.1, 0.15) is 37.4 Å². The summed E-state index contributed by atoms with van der Waals surface area (Å²) >= 11 is 0. The fourth-order valence-electron chi connectivity index (χ4n) is 3.68. The number of rotatable bonds is 5. The van der Waals surface area contributed by atoms with Gasteiger partial charge in [-0.1, -0.05) is 18.0 Å². The predicted octanol–water partition coefficient (Wildman–Crippen LogP) is 1.27. The Kier molecular flexibility index (Phi) is 5.84. The van der Waals surface area contributed by atoms with Crippen LogP contribution in [0.25, 0.3) is 0 Å². The second-order valence-electron chi connectivity index (χ2n) is 7.32. The van der Waals surface area contributed by atoms with Crippen LogP contribution >= 0.6 is 0 Å². The molecule has 0 bridgehead atoms. The zero-order chi connectivity index (χ0) is 19.3. The van der Waals surface area contributed by atoms with Crippen LogP contribution in [0.3, 0.4) is 0 Å². The van der Waals surface area contributed by atoms with E-state index in [9.17, 15) is 0 Å². The summed E-state index contributed by atoms with van der Waals surface area (Å²) in [5, 5.41) is 3.86. The van der Waals surface area contributed by atoms with Gasteiger partial charge >= 0.3 is 6.01 Å². The van der Waals surface area contributed by atoms with E-state index in [0.717, 1.165) is 45.2 Å². The van der Waals surface area contributed by atoms with E-state index >= 15 is 0 Å². The third kappa shape index (κ3) is 4.49. The largest absolute Gasteiger partial charge is 0.467 e. The number of nitrogens with zero attached hydrogens (tertiary/aromatic N) is 8. The first-order valence-electron chi connectivity index (χ1n) is 10.0. The van der Waals surface area contributed by atoms with Gasteiger partial charge < -0.3 is 19.1 Å². The molecule has 0 unspecified atom stereocenters. The van der Waals surface area contributed by atoms with Crippen LogP contribution in [-0.2, 0) is 6.54 Å². The molecule has 4 heterocycles. The number of piperazine rings is 1. The lowest BCUT2D eigenvalue weighted by atomic mass is 10.2. The molecule has 2 aliphatic heterocycles. The van der Waals surface area contributed by atoms with Gasteiger partial charge in [0.15, 0.2) is 5.82 Å². The fraction of sp³-hybridized carbons (Fsp3) is 0.722. The summed E-state index contributed by atoms with van der Waals surface area (Å²) in [6.45, 7) is 7.92. The predicted molar refractivity (Wildman–Crippen MR) is 104 cm³/mol. The van der Waals surface area contributed by atoms with Gasteiger partial charge in [-0.05, 0) is 19.8 Å². The molecule has 2 aromatic heterocycles. The molecule has 2 saturated heterocycles. The summed E-state index contributed by atoms with van der Waals surface area (Å²) < 4.78 is 10.6. The van der Waals surface area contributed by atoms with Gasteiger partial charge in [-0.2, -0.15) is 19.9 Å². The van der Waals surface area contributed by atoms with E-state index in [1.807, 2.05) is 6.92 Å². The molecule has 0 atom stereocenters. The maximum absolute atomic E-state index is 5.36. The Morgan fingerprint density at radius 1 is 0.821 bits per heavy atom. The van der Waals surface area contributed by atoms with E-state index in [0.29, 0.717) is 30.2 Å². The third-order valence-corrected chi connectivity index (χ3v) is 5.25. The van der Waals surface area contributed by atoms with Gasteiger partial charge in [0.1, 0.15) is 0 Å². The number of aromatic nitrogens is 5. The van der Waals surface area contributed by atoms with Gasteiger partial charge in [0, 0.05) is 39.3 Å². The molecule has 0 amide bonds. The molecule has 4 rings (SSSR count). The Morgan fingerprint density at radius 2 is 1.46 bits per heavy atom. The van der Waals surface area contributed by atoms with Crippen LogP contribution in [0.15, 0.2) is 4.52 Å². The SMILES string of the molecule is COc1nc(N2CCCCCC2)nc(N2CCN(Cc3nc(C)no3)CC2)n1. The van der Waals surface area contributed by atoms with Crippen molar-refractivity contribution in [3.63, 3.8) is 0 Å². The maximum atomic E-state index is 5.36. The Morgan fingerprint density at radius 3 is 2.04 bits per heavy atom. The van der Waals surface area contributed by atoms with Crippen molar-refractivity contribution >= 4 is 11.9 Å². The second kappa shape index (κ2) is 8.68. The lowest BCUT2D eigenvalue weighted by molar-refractivity contribution is 0.214. The minimum Gasteiger partial charge on any atom is -0.467 e. The summed E-state index contributed by atoms with van der Waals surface area (Å²) in [5.74, 6) is 2.76. The second-order valence-corrected chi connectivity index (χ2v) is 7.32. The molecule has 0 N–H and O–H groups in total. The van der Waals surface area contributed by atoms with Crippen molar-refractivity contribution in [3.8, 4) is 6.01 Å². The van der Waals surface area contributed by atoms with Crippen LogP contribution in [0.4, 0.5) is 11.9 Å². The van der Waals surface area contributed by atoms with Crippen LogP contribution < -0.4 is 14.5 Å². The van der Waals surface area contributed by atoms with E-state index < -0.39 is 0 Å².